The van der Waals surface area contributed by atoms with Crippen molar-refractivity contribution in [3.8, 4) is 5.75 Å². The van der Waals surface area contributed by atoms with Gasteiger partial charge in [-0.25, -0.2) is 0 Å². The molecule has 1 aliphatic heterocycles. The van der Waals surface area contributed by atoms with Crippen LogP contribution in [0.25, 0.3) is 0 Å². The second kappa shape index (κ2) is 6.29. The summed E-state index contributed by atoms with van der Waals surface area (Å²) in [6, 6.07) is 6.56. The van der Waals surface area contributed by atoms with Gasteiger partial charge in [0.05, 0.1) is 13.2 Å². The summed E-state index contributed by atoms with van der Waals surface area (Å²) in [7, 11) is 1.66. The molecule has 1 aromatic rings. The highest BCUT2D eigenvalue weighted by Crippen LogP contribution is 2.36. The van der Waals surface area contributed by atoms with Crippen molar-refractivity contribution in [3.05, 3.63) is 23.8 Å². The average Bonchev–Trinajstić information content (AvgIpc) is 2.62. The molecule has 0 spiro atoms. The lowest BCUT2D eigenvalue weighted by Gasteiger charge is -2.32. The standard InChI is InChI=1S/C16H25NO2/c1-12-8-5-4-6-11-17(12)14-9-7-10-15(19-3)16(14)13(2)18/h7,9-10,12-13,18H,4-6,8,11H2,1-3H3. The van der Waals surface area contributed by atoms with Crippen molar-refractivity contribution in [1.29, 1.82) is 0 Å². The fourth-order valence-corrected chi connectivity index (χ4v) is 3.01. The Labute approximate surface area is 116 Å². The van der Waals surface area contributed by atoms with Gasteiger partial charge in [-0.3, -0.25) is 0 Å². The predicted octanol–water partition coefficient (Wildman–Crippen LogP) is 3.52. The SMILES string of the molecule is COc1cccc(N2CCCCCC2C)c1C(C)O. The van der Waals surface area contributed by atoms with E-state index in [1.807, 2.05) is 19.1 Å². The Kier molecular flexibility index (Phi) is 4.70. The molecule has 3 nitrogen and oxygen atoms in total. The van der Waals surface area contributed by atoms with Gasteiger partial charge in [0.1, 0.15) is 5.75 Å². The summed E-state index contributed by atoms with van der Waals surface area (Å²) >= 11 is 0. The normalized spacial score (nSPS) is 21.9. The van der Waals surface area contributed by atoms with E-state index in [0.29, 0.717) is 6.04 Å². The molecule has 19 heavy (non-hydrogen) atoms. The number of benzene rings is 1. The fourth-order valence-electron chi connectivity index (χ4n) is 3.01. The second-order valence-electron chi connectivity index (χ2n) is 5.46. The molecule has 0 aromatic heterocycles. The van der Waals surface area contributed by atoms with E-state index in [0.717, 1.165) is 23.5 Å². The van der Waals surface area contributed by atoms with Crippen LogP contribution in [-0.4, -0.2) is 24.8 Å². The largest absolute Gasteiger partial charge is 0.496 e. The summed E-state index contributed by atoms with van der Waals surface area (Å²) in [5, 5.41) is 10.1. The summed E-state index contributed by atoms with van der Waals surface area (Å²) < 4.78 is 5.42. The third-order valence-corrected chi connectivity index (χ3v) is 4.04. The number of anilines is 1. The monoisotopic (exact) mass is 263 g/mol. The summed E-state index contributed by atoms with van der Waals surface area (Å²) in [6.45, 7) is 5.15. The molecule has 0 radical (unpaired) electrons. The van der Waals surface area contributed by atoms with Gasteiger partial charge in [-0.05, 0) is 38.8 Å². The topological polar surface area (TPSA) is 32.7 Å². The van der Waals surface area contributed by atoms with Crippen LogP contribution in [0.2, 0.25) is 0 Å². The van der Waals surface area contributed by atoms with Crippen molar-refractivity contribution in [3.63, 3.8) is 0 Å². The van der Waals surface area contributed by atoms with Gasteiger partial charge in [0, 0.05) is 23.8 Å². The van der Waals surface area contributed by atoms with E-state index in [9.17, 15) is 5.11 Å². The summed E-state index contributed by atoms with van der Waals surface area (Å²) in [6.07, 6.45) is 4.53. The molecule has 2 atom stereocenters. The van der Waals surface area contributed by atoms with Crippen LogP contribution in [0.1, 0.15) is 51.2 Å². The lowest BCUT2D eigenvalue weighted by Crippen LogP contribution is -2.33. The Bertz CT molecular complexity index is 417. The molecule has 0 amide bonds. The number of aliphatic hydroxyl groups is 1. The van der Waals surface area contributed by atoms with Crippen LogP contribution in [0.15, 0.2) is 18.2 Å². The van der Waals surface area contributed by atoms with Crippen molar-refractivity contribution in [2.75, 3.05) is 18.6 Å². The molecule has 1 aromatic carbocycles. The Hall–Kier alpha value is -1.22. The Morgan fingerprint density at radius 3 is 2.79 bits per heavy atom. The number of hydrogen-bond donors (Lipinski definition) is 1. The molecular weight excluding hydrogens is 238 g/mol. The maximum absolute atomic E-state index is 10.1. The smallest absolute Gasteiger partial charge is 0.126 e. The molecule has 106 valence electrons. The zero-order chi connectivity index (χ0) is 13.8. The van der Waals surface area contributed by atoms with Gasteiger partial charge in [0.25, 0.3) is 0 Å². The van der Waals surface area contributed by atoms with E-state index < -0.39 is 6.10 Å². The van der Waals surface area contributed by atoms with E-state index in [-0.39, 0.29) is 0 Å². The Balaban J connectivity index is 2.42. The summed E-state index contributed by atoms with van der Waals surface area (Å²) in [5.74, 6) is 0.781. The number of rotatable bonds is 3. The van der Waals surface area contributed by atoms with Crippen molar-refractivity contribution >= 4 is 5.69 Å². The van der Waals surface area contributed by atoms with E-state index in [2.05, 4.69) is 17.9 Å². The number of methoxy groups -OCH3 is 1. The summed E-state index contributed by atoms with van der Waals surface area (Å²) in [4.78, 5) is 2.43. The third kappa shape index (κ3) is 3.03. The van der Waals surface area contributed by atoms with Crippen LogP contribution in [0.4, 0.5) is 5.69 Å². The first-order valence-corrected chi connectivity index (χ1v) is 7.26. The second-order valence-corrected chi connectivity index (χ2v) is 5.46. The number of nitrogens with zero attached hydrogens (tertiary/aromatic N) is 1. The Morgan fingerprint density at radius 1 is 1.32 bits per heavy atom. The molecule has 1 saturated heterocycles. The van der Waals surface area contributed by atoms with Crippen LogP contribution in [-0.2, 0) is 0 Å². The minimum Gasteiger partial charge on any atom is -0.496 e. The van der Waals surface area contributed by atoms with E-state index in [1.165, 1.54) is 25.7 Å². The maximum atomic E-state index is 10.1. The first-order valence-electron chi connectivity index (χ1n) is 7.26. The molecule has 1 N–H and O–H groups in total. The Morgan fingerprint density at radius 2 is 2.11 bits per heavy atom. The van der Waals surface area contributed by atoms with E-state index in [4.69, 9.17) is 4.74 Å². The van der Waals surface area contributed by atoms with Crippen molar-refractivity contribution in [1.82, 2.24) is 0 Å². The minimum atomic E-state index is -0.512. The highest BCUT2D eigenvalue weighted by atomic mass is 16.5. The summed E-state index contributed by atoms with van der Waals surface area (Å²) in [5.41, 5.74) is 2.04. The van der Waals surface area contributed by atoms with E-state index in [1.54, 1.807) is 7.11 Å². The van der Waals surface area contributed by atoms with Gasteiger partial charge in [0.15, 0.2) is 0 Å². The van der Waals surface area contributed by atoms with Gasteiger partial charge < -0.3 is 14.7 Å². The van der Waals surface area contributed by atoms with Gasteiger partial charge in [0.2, 0.25) is 0 Å². The predicted molar refractivity (Wildman–Crippen MR) is 78.9 cm³/mol. The highest BCUT2D eigenvalue weighted by molar-refractivity contribution is 5.61. The first kappa shape index (κ1) is 14.2. The number of aliphatic hydroxyl groups excluding tert-OH is 1. The molecule has 1 aliphatic rings. The first-order chi connectivity index (χ1) is 9.15. The van der Waals surface area contributed by atoms with Crippen LogP contribution in [0, 0.1) is 0 Å². The maximum Gasteiger partial charge on any atom is 0.126 e. The molecule has 1 fully saturated rings. The number of hydrogen-bond acceptors (Lipinski definition) is 3. The van der Waals surface area contributed by atoms with Crippen LogP contribution < -0.4 is 9.64 Å². The lowest BCUT2D eigenvalue weighted by molar-refractivity contribution is 0.194. The van der Waals surface area contributed by atoms with Crippen molar-refractivity contribution < 1.29 is 9.84 Å². The van der Waals surface area contributed by atoms with Crippen molar-refractivity contribution in [2.45, 2.75) is 51.7 Å². The zero-order valence-corrected chi connectivity index (χ0v) is 12.2. The van der Waals surface area contributed by atoms with Gasteiger partial charge in [-0.15, -0.1) is 0 Å². The molecule has 0 aliphatic carbocycles. The molecule has 1 heterocycles. The van der Waals surface area contributed by atoms with Gasteiger partial charge >= 0.3 is 0 Å². The molecule has 2 rings (SSSR count). The molecule has 0 bridgehead atoms. The van der Waals surface area contributed by atoms with E-state index >= 15 is 0 Å². The third-order valence-electron chi connectivity index (χ3n) is 4.04. The van der Waals surface area contributed by atoms with Crippen LogP contribution >= 0.6 is 0 Å². The lowest BCUT2D eigenvalue weighted by atomic mass is 10.0. The van der Waals surface area contributed by atoms with Crippen molar-refractivity contribution in [2.24, 2.45) is 0 Å². The van der Waals surface area contributed by atoms with Gasteiger partial charge in [-0.2, -0.15) is 0 Å². The highest BCUT2D eigenvalue weighted by Gasteiger charge is 2.23. The molecular formula is C16H25NO2. The minimum absolute atomic E-state index is 0.512. The quantitative estimate of drug-likeness (QED) is 0.905. The molecule has 0 saturated carbocycles. The fraction of sp³-hybridized carbons (Fsp3) is 0.625. The van der Waals surface area contributed by atoms with Gasteiger partial charge in [-0.1, -0.05) is 18.9 Å². The zero-order valence-electron chi connectivity index (χ0n) is 12.2. The van der Waals surface area contributed by atoms with Crippen LogP contribution in [0.5, 0.6) is 5.75 Å². The number of ether oxygens (including phenoxy) is 1. The molecule has 2 unspecified atom stereocenters. The molecule has 3 heteroatoms. The average molecular weight is 263 g/mol. The van der Waals surface area contributed by atoms with Crippen LogP contribution in [0.3, 0.4) is 0 Å².